The Bertz CT molecular complexity index is 1080. The molecule has 1 atom stereocenters. The number of halogens is 1. The Morgan fingerprint density at radius 1 is 0.941 bits per heavy atom. The Balaban J connectivity index is 1.90. The molecule has 3 aromatic rings. The lowest BCUT2D eigenvalue weighted by molar-refractivity contribution is -0.141. The molecule has 3 aromatic carbocycles. The molecule has 0 saturated carbocycles. The first-order chi connectivity index (χ1) is 16.5. The lowest BCUT2D eigenvalue weighted by Gasteiger charge is -2.32. The average molecular weight is 477 g/mol. The summed E-state index contributed by atoms with van der Waals surface area (Å²) >= 11 is 6.32. The molecule has 0 unspecified atom stereocenters. The van der Waals surface area contributed by atoms with E-state index in [1.165, 1.54) is 0 Å². The topological polar surface area (TPSA) is 49.4 Å². The van der Waals surface area contributed by atoms with E-state index in [-0.39, 0.29) is 18.2 Å². The van der Waals surface area contributed by atoms with Gasteiger partial charge in [-0.15, -0.1) is 0 Å². The molecule has 0 radical (unpaired) electrons. The number of carbonyl (C=O) groups is 2. The molecule has 0 aliphatic carbocycles. The molecule has 34 heavy (non-hydrogen) atoms. The van der Waals surface area contributed by atoms with Crippen molar-refractivity contribution in [1.29, 1.82) is 0 Å². The van der Waals surface area contributed by atoms with Gasteiger partial charge in [-0.05, 0) is 42.5 Å². The normalized spacial score (nSPS) is 11.6. The van der Waals surface area contributed by atoms with E-state index in [0.29, 0.717) is 31.0 Å². The quantitative estimate of drug-likeness (QED) is 0.383. The molecule has 2 amide bonds. The predicted octanol–water partition coefficient (Wildman–Crippen LogP) is 5.75. The van der Waals surface area contributed by atoms with Crippen molar-refractivity contribution in [1.82, 2.24) is 10.2 Å². The highest BCUT2D eigenvalue weighted by Gasteiger charge is 2.30. The molecule has 4 nitrogen and oxygen atoms in total. The van der Waals surface area contributed by atoms with Gasteiger partial charge in [0.1, 0.15) is 6.04 Å². The van der Waals surface area contributed by atoms with Crippen molar-refractivity contribution < 1.29 is 9.59 Å². The van der Waals surface area contributed by atoms with Crippen molar-refractivity contribution in [3.63, 3.8) is 0 Å². The summed E-state index contributed by atoms with van der Waals surface area (Å²) < 4.78 is 0. The summed E-state index contributed by atoms with van der Waals surface area (Å²) in [5.74, 6) is -0.182. The van der Waals surface area contributed by atoms with Crippen LogP contribution in [-0.4, -0.2) is 29.3 Å². The van der Waals surface area contributed by atoms with E-state index in [9.17, 15) is 9.59 Å². The van der Waals surface area contributed by atoms with Gasteiger partial charge in [0.2, 0.25) is 11.8 Å². The van der Waals surface area contributed by atoms with E-state index in [0.717, 1.165) is 28.7 Å². The number of hydrogen-bond acceptors (Lipinski definition) is 2. The zero-order valence-corrected chi connectivity index (χ0v) is 20.7. The molecular formula is C29H33ClN2O2. The van der Waals surface area contributed by atoms with Crippen molar-refractivity contribution in [2.45, 2.75) is 52.1 Å². The molecule has 178 valence electrons. The number of nitrogens with zero attached hydrogens (tertiary/aromatic N) is 1. The van der Waals surface area contributed by atoms with E-state index in [1.807, 2.05) is 86.6 Å². The third kappa shape index (κ3) is 7.46. The first-order valence-electron chi connectivity index (χ1n) is 11.9. The lowest BCUT2D eigenvalue weighted by atomic mass is 10.0. The molecule has 5 heteroatoms. The van der Waals surface area contributed by atoms with Gasteiger partial charge >= 0.3 is 0 Å². The van der Waals surface area contributed by atoms with E-state index < -0.39 is 6.04 Å². The molecule has 3 rings (SSSR count). The SMILES string of the molecule is CCCNC(=O)[C@H](Cc1ccccc1)N(Cc1cccc(C)c1)C(=O)CCc1ccccc1Cl. The van der Waals surface area contributed by atoms with Gasteiger partial charge in [0.25, 0.3) is 0 Å². The fraction of sp³-hybridized carbons (Fsp3) is 0.310. The van der Waals surface area contributed by atoms with Gasteiger partial charge in [0.05, 0.1) is 0 Å². The number of aryl methyl sites for hydroxylation is 2. The minimum atomic E-state index is -0.604. The van der Waals surface area contributed by atoms with Crippen LogP contribution < -0.4 is 5.32 Å². The zero-order valence-electron chi connectivity index (χ0n) is 20.0. The van der Waals surface area contributed by atoms with Crippen molar-refractivity contribution in [3.05, 3.63) is 106 Å². The van der Waals surface area contributed by atoms with Crippen molar-refractivity contribution in [2.24, 2.45) is 0 Å². The van der Waals surface area contributed by atoms with E-state index in [4.69, 9.17) is 11.6 Å². The number of rotatable bonds is 11. The predicted molar refractivity (Wildman–Crippen MR) is 139 cm³/mol. The van der Waals surface area contributed by atoms with Crippen LogP contribution in [-0.2, 0) is 29.0 Å². The van der Waals surface area contributed by atoms with Crippen LogP contribution in [0.3, 0.4) is 0 Å². The van der Waals surface area contributed by atoms with Crippen molar-refractivity contribution >= 4 is 23.4 Å². The van der Waals surface area contributed by atoms with Crippen LogP contribution in [0.4, 0.5) is 0 Å². The summed E-state index contributed by atoms with van der Waals surface area (Å²) in [6.07, 6.45) is 2.10. The number of nitrogens with one attached hydrogen (secondary N) is 1. The zero-order chi connectivity index (χ0) is 24.3. The van der Waals surface area contributed by atoms with Crippen LogP contribution >= 0.6 is 11.6 Å². The van der Waals surface area contributed by atoms with Crippen LogP contribution in [0.5, 0.6) is 0 Å². The highest BCUT2D eigenvalue weighted by molar-refractivity contribution is 6.31. The third-order valence-electron chi connectivity index (χ3n) is 5.82. The van der Waals surface area contributed by atoms with Gasteiger partial charge in [0.15, 0.2) is 0 Å². The second-order valence-corrected chi connectivity index (χ2v) is 9.01. The molecule has 0 aliphatic rings. The van der Waals surface area contributed by atoms with Crippen LogP contribution in [0, 0.1) is 6.92 Å². The molecule has 0 saturated heterocycles. The average Bonchev–Trinajstić information content (AvgIpc) is 2.84. The second kappa shape index (κ2) is 13.0. The Hall–Kier alpha value is -3.11. The molecule has 0 aliphatic heterocycles. The van der Waals surface area contributed by atoms with Gasteiger partial charge < -0.3 is 10.2 Å². The van der Waals surface area contributed by atoms with Crippen LogP contribution in [0.1, 0.15) is 42.0 Å². The molecule has 0 fully saturated rings. The Kier molecular flexibility index (Phi) is 9.72. The highest BCUT2D eigenvalue weighted by atomic mass is 35.5. The smallest absolute Gasteiger partial charge is 0.243 e. The third-order valence-corrected chi connectivity index (χ3v) is 6.19. The molecule has 0 spiro atoms. The maximum absolute atomic E-state index is 13.6. The van der Waals surface area contributed by atoms with E-state index >= 15 is 0 Å². The maximum atomic E-state index is 13.6. The molecular weight excluding hydrogens is 444 g/mol. The molecule has 1 N–H and O–H groups in total. The fourth-order valence-electron chi connectivity index (χ4n) is 4.01. The first-order valence-corrected chi connectivity index (χ1v) is 12.3. The van der Waals surface area contributed by atoms with Gasteiger partial charge in [-0.3, -0.25) is 9.59 Å². The summed E-state index contributed by atoms with van der Waals surface area (Å²) in [6, 6.07) is 24.9. The van der Waals surface area contributed by atoms with E-state index in [2.05, 4.69) is 11.4 Å². The number of carbonyl (C=O) groups excluding carboxylic acids is 2. The lowest BCUT2D eigenvalue weighted by Crippen LogP contribution is -2.50. The Morgan fingerprint density at radius 2 is 1.65 bits per heavy atom. The summed E-state index contributed by atoms with van der Waals surface area (Å²) in [6.45, 7) is 5.00. The summed E-state index contributed by atoms with van der Waals surface area (Å²) in [5, 5.41) is 3.67. The minimum absolute atomic E-state index is 0.0611. The number of amides is 2. The van der Waals surface area contributed by atoms with E-state index in [1.54, 1.807) is 4.90 Å². The van der Waals surface area contributed by atoms with Crippen LogP contribution in [0.15, 0.2) is 78.9 Å². The first kappa shape index (κ1) is 25.5. The van der Waals surface area contributed by atoms with Gasteiger partial charge in [0, 0.05) is 31.0 Å². The number of hydrogen-bond donors (Lipinski definition) is 1. The summed E-state index contributed by atoms with van der Waals surface area (Å²) in [4.78, 5) is 28.7. The maximum Gasteiger partial charge on any atom is 0.243 e. The van der Waals surface area contributed by atoms with Gasteiger partial charge in [-0.1, -0.05) is 96.9 Å². The Labute approximate surface area is 207 Å². The Morgan fingerprint density at radius 3 is 2.35 bits per heavy atom. The van der Waals surface area contributed by atoms with Crippen LogP contribution in [0.2, 0.25) is 5.02 Å². The summed E-state index contributed by atoms with van der Waals surface area (Å²) in [5.41, 5.74) is 4.08. The molecule has 0 heterocycles. The van der Waals surface area contributed by atoms with Crippen molar-refractivity contribution in [2.75, 3.05) is 6.54 Å². The van der Waals surface area contributed by atoms with Gasteiger partial charge in [-0.25, -0.2) is 0 Å². The standard InChI is InChI=1S/C29H33ClN2O2/c1-3-18-31-29(34)27(20-23-11-5-4-6-12-23)32(21-24-13-9-10-22(2)19-24)28(33)17-16-25-14-7-8-15-26(25)30/h4-15,19,27H,3,16-18,20-21H2,1-2H3,(H,31,34)/t27-/m0/s1. The minimum Gasteiger partial charge on any atom is -0.354 e. The molecule has 0 aromatic heterocycles. The highest BCUT2D eigenvalue weighted by Crippen LogP contribution is 2.20. The van der Waals surface area contributed by atoms with Crippen LogP contribution in [0.25, 0.3) is 0 Å². The monoisotopic (exact) mass is 476 g/mol. The fourth-order valence-corrected chi connectivity index (χ4v) is 4.24. The van der Waals surface area contributed by atoms with Crippen molar-refractivity contribution in [3.8, 4) is 0 Å². The van der Waals surface area contributed by atoms with Gasteiger partial charge in [-0.2, -0.15) is 0 Å². The largest absolute Gasteiger partial charge is 0.354 e. The summed E-state index contributed by atoms with van der Waals surface area (Å²) in [7, 11) is 0. The number of benzene rings is 3. The molecule has 0 bridgehead atoms. The second-order valence-electron chi connectivity index (χ2n) is 8.60.